The molecule has 0 radical (unpaired) electrons. The van der Waals surface area contributed by atoms with Crippen molar-refractivity contribution in [3.05, 3.63) is 51.4 Å². The number of hydrogen-bond acceptors (Lipinski definition) is 5. The normalized spacial score (nSPS) is 11.5. The van der Waals surface area contributed by atoms with Gasteiger partial charge >= 0.3 is 5.82 Å². The molecule has 1 heterocycles. The van der Waals surface area contributed by atoms with Crippen molar-refractivity contribution in [3.63, 3.8) is 0 Å². The number of rotatable bonds is 4. The lowest BCUT2D eigenvalue weighted by Crippen LogP contribution is -2.08. The highest BCUT2D eigenvalue weighted by atomic mass is 35.5. The lowest BCUT2D eigenvalue weighted by molar-refractivity contribution is -0.392. The molecule has 0 bridgehead atoms. The van der Waals surface area contributed by atoms with E-state index in [1.54, 1.807) is 0 Å². The molecule has 0 unspecified atom stereocenters. The topological polar surface area (TPSA) is 95.1 Å². The Balaban J connectivity index is 2.38. The minimum Gasteiger partial charge on any atom is -0.358 e. The molecule has 0 aliphatic heterocycles. The molecular formula is C11H10ClN3O4S. The van der Waals surface area contributed by atoms with Gasteiger partial charge in [0.1, 0.15) is 5.75 Å². The summed E-state index contributed by atoms with van der Waals surface area (Å²) in [6.07, 6.45) is 1.21. The largest absolute Gasteiger partial charge is 0.358 e. The lowest BCUT2D eigenvalue weighted by atomic mass is 10.4. The monoisotopic (exact) mass is 315 g/mol. The van der Waals surface area contributed by atoms with Crippen LogP contribution < -0.4 is 0 Å². The third-order valence-corrected chi connectivity index (χ3v) is 4.55. The van der Waals surface area contributed by atoms with Gasteiger partial charge in [0.25, 0.3) is 0 Å². The molecule has 0 aliphatic rings. The summed E-state index contributed by atoms with van der Waals surface area (Å²) in [5.41, 5.74) is -0.0903. The van der Waals surface area contributed by atoms with E-state index in [4.69, 9.17) is 11.6 Å². The molecule has 0 saturated carbocycles. The first-order chi connectivity index (χ1) is 9.31. The fraction of sp³-hybridized carbons (Fsp3) is 0.182. The number of aromatic nitrogens is 2. The number of benzene rings is 1. The summed E-state index contributed by atoms with van der Waals surface area (Å²) in [6, 6.07) is 5.60. The highest BCUT2D eigenvalue weighted by Gasteiger charge is 2.25. The van der Waals surface area contributed by atoms with Gasteiger partial charge in [-0.2, -0.15) is 0 Å². The third kappa shape index (κ3) is 2.81. The molecule has 0 saturated heterocycles. The van der Waals surface area contributed by atoms with E-state index in [0.717, 1.165) is 0 Å². The number of halogens is 1. The van der Waals surface area contributed by atoms with Crippen LogP contribution in [-0.2, 0) is 22.6 Å². The van der Waals surface area contributed by atoms with E-state index in [-0.39, 0.29) is 16.4 Å². The zero-order chi connectivity index (χ0) is 14.9. The third-order valence-electron chi connectivity index (χ3n) is 2.65. The molecule has 0 N–H and O–H groups in total. The molecule has 9 heteroatoms. The van der Waals surface area contributed by atoms with Gasteiger partial charge in [0, 0.05) is 5.02 Å². The van der Waals surface area contributed by atoms with Crippen molar-refractivity contribution in [1.82, 2.24) is 9.55 Å². The van der Waals surface area contributed by atoms with Crippen LogP contribution in [-0.4, -0.2) is 22.9 Å². The van der Waals surface area contributed by atoms with E-state index in [1.165, 1.54) is 42.2 Å². The maximum absolute atomic E-state index is 12.2. The Morgan fingerprint density at radius 2 is 1.95 bits per heavy atom. The average Bonchev–Trinajstić information content (AvgIpc) is 2.70. The van der Waals surface area contributed by atoms with Crippen molar-refractivity contribution in [3.8, 4) is 0 Å². The van der Waals surface area contributed by atoms with Gasteiger partial charge in [0.2, 0.25) is 0 Å². The van der Waals surface area contributed by atoms with Gasteiger partial charge in [-0.05, 0) is 29.2 Å². The molecule has 1 aromatic carbocycles. The van der Waals surface area contributed by atoms with Crippen LogP contribution in [0.2, 0.25) is 5.02 Å². The predicted octanol–water partition coefficient (Wildman–Crippen LogP) is 1.96. The zero-order valence-corrected chi connectivity index (χ0v) is 11.9. The molecule has 2 rings (SSSR count). The van der Waals surface area contributed by atoms with E-state index >= 15 is 0 Å². The van der Waals surface area contributed by atoms with Crippen LogP contribution in [0.15, 0.2) is 35.5 Å². The Hall–Kier alpha value is -1.93. The summed E-state index contributed by atoms with van der Waals surface area (Å²) in [4.78, 5) is 14.1. The fourth-order valence-electron chi connectivity index (χ4n) is 1.71. The van der Waals surface area contributed by atoms with Gasteiger partial charge in [-0.25, -0.2) is 18.0 Å². The van der Waals surface area contributed by atoms with Gasteiger partial charge in [0.05, 0.1) is 11.9 Å². The van der Waals surface area contributed by atoms with E-state index < -0.39 is 20.5 Å². The maximum Gasteiger partial charge on any atom is 0.346 e. The zero-order valence-electron chi connectivity index (χ0n) is 10.4. The first-order valence-corrected chi connectivity index (χ1v) is 7.47. The number of hydrogen-bond donors (Lipinski definition) is 0. The quantitative estimate of drug-likeness (QED) is 0.635. The van der Waals surface area contributed by atoms with Gasteiger partial charge in [-0.15, -0.1) is 0 Å². The molecule has 0 aliphatic carbocycles. The van der Waals surface area contributed by atoms with Crippen molar-refractivity contribution in [2.45, 2.75) is 10.6 Å². The van der Waals surface area contributed by atoms with Gasteiger partial charge in [-0.3, -0.25) is 0 Å². The summed E-state index contributed by atoms with van der Waals surface area (Å²) in [5, 5.41) is 11.3. The number of aryl methyl sites for hydroxylation is 1. The highest BCUT2D eigenvalue weighted by molar-refractivity contribution is 7.90. The summed E-state index contributed by atoms with van der Waals surface area (Å²) in [6.45, 7) is 0. The molecule has 20 heavy (non-hydrogen) atoms. The molecule has 0 fully saturated rings. The Bertz CT molecular complexity index is 752. The smallest absolute Gasteiger partial charge is 0.346 e. The van der Waals surface area contributed by atoms with E-state index in [9.17, 15) is 18.5 Å². The van der Waals surface area contributed by atoms with Crippen molar-refractivity contribution in [2.24, 2.45) is 7.05 Å². The molecule has 2 aromatic rings. The SMILES string of the molecule is Cn1cnc(CS(=O)(=O)c2ccc(Cl)cc2)c1[N+](=O)[O-]. The Morgan fingerprint density at radius 1 is 1.35 bits per heavy atom. The number of sulfone groups is 1. The summed E-state index contributed by atoms with van der Waals surface area (Å²) < 4.78 is 25.5. The average molecular weight is 316 g/mol. The second-order valence-electron chi connectivity index (χ2n) is 4.10. The van der Waals surface area contributed by atoms with Crippen LogP contribution in [0, 0.1) is 10.1 Å². The van der Waals surface area contributed by atoms with Crippen LogP contribution in [0.25, 0.3) is 0 Å². The minimum atomic E-state index is -3.71. The summed E-state index contributed by atoms with van der Waals surface area (Å²) >= 11 is 5.69. The van der Waals surface area contributed by atoms with Gasteiger partial charge < -0.3 is 10.1 Å². The van der Waals surface area contributed by atoms with Crippen LogP contribution in [0.4, 0.5) is 5.82 Å². The number of nitro groups is 1. The van der Waals surface area contributed by atoms with E-state index in [1.807, 2.05) is 0 Å². The van der Waals surface area contributed by atoms with Crippen LogP contribution in [0.1, 0.15) is 5.69 Å². The second-order valence-corrected chi connectivity index (χ2v) is 6.52. The van der Waals surface area contributed by atoms with Gasteiger partial charge in [0.15, 0.2) is 21.9 Å². The highest BCUT2D eigenvalue weighted by Crippen LogP contribution is 2.23. The van der Waals surface area contributed by atoms with E-state index in [0.29, 0.717) is 5.02 Å². The molecule has 1 aromatic heterocycles. The Morgan fingerprint density at radius 3 is 2.50 bits per heavy atom. The lowest BCUT2D eigenvalue weighted by Gasteiger charge is -2.03. The Kier molecular flexibility index (Phi) is 3.78. The van der Waals surface area contributed by atoms with Crippen LogP contribution in [0.5, 0.6) is 0 Å². The minimum absolute atomic E-state index is 0.0434. The van der Waals surface area contributed by atoms with Crippen molar-refractivity contribution < 1.29 is 13.3 Å². The molecule has 7 nitrogen and oxygen atoms in total. The summed E-state index contributed by atoms with van der Waals surface area (Å²) in [5.74, 6) is -0.867. The molecule has 0 atom stereocenters. The molecular weight excluding hydrogens is 306 g/mol. The van der Waals surface area contributed by atoms with Crippen molar-refractivity contribution >= 4 is 27.3 Å². The molecule has 106 valence electrons. The molecule has 0 spiro atoms. The number of nitrogens with zero attached hydrogens (tertiary/aromatic N) is 3. The fourth-order valence-corrected chi connectivity index (χ4v) is 3.12. The number of imidazole rings is 1. The second kappa shape index (κ2) is 5.22. The first-order valence-electron chi connectivity index (χ1n) is 5.44. The predicted molar refractivity (Wildman–Crippen MR) is 72.2 cm³/mol. The molecule has 0 amide bonds. The Labute approximate surface area is 119 Å². The van der Waals surface area contributed by atoms with Gasteiger partial charge in [-0.1, -0.05) is 11.6 Å². The summed E-state index contributed by atoms with van der Waals surface area (Å²) in [7, 11) is -2.28. The standard InChI is InChI=1S/C11H10ClN3O4S/c1-14-7-13-10(11(14)15(16)17)6-20(18,19)9-4-2-8(12)3-5-9/h2-5,7H,6H2,1H3. The maximum atomic E-state index is 12.2. The van der Waals surface area contributed by atoms with E-state index in [2.05, 4.69) is 4.98 Å². The first kappa shape index (κ1) is 14.5. The van der Waals surface area contributed by atoms with Crippen LogP contribution in [0.3, 0.4) is 0 Å². The van der Waals surface area contributed by atoms with Crippen molar-refractivity contribution in [1.29, 1.82) is 0 Å². The van der Waals surface area contributed by atoms with Crippen molar-refractivity contribution in [2.75, 3.05) is 0 Å². The van der Waals surface area contributed by atoms with Crippen LogP contribution >= 0.6 is 11.6 Å².